The Morgan fingerprint density at radius 2 is 1.97 bits per heavy atom. The number of Topliss-reactive ketones (excluding diaryl/α,β-unsaturated/α-hetero) is 1. The van der Waals surface area contributed by atoms with E-state index in [1.54, 1.807) is 0 Å². The predicted molar refractivity (Wildman–Crippen MR) is 136 cm³/mol. The number of carbonyl (C=O) groups is 2. The topological polar surface area (TPSA) is 64.6 Å². The minimum absolute atomic E-state index is 0. The molecule has 6 nitrogen and oxygen atoms in total. The number of halogens is 1. The molecule has 4 aliphatic heterocycles. The molecule has 2 unspecified atom stereocenters. The van der Waals surface area contributed by atoms with Crippen LogP contribution in [0.1, 0.15) is 42.1 Å². The molecule has 0 radical (unpaired) electrons. The molecule has 2 saturated heterocycles. The first kappa shape index (κ1) is 24.4. The smallest absolute Gasteiger partial charge is 0.217 e. The molecule has 2 bridgehead atoms. The highest BCUT2D eigenvalue weighted by atomic mass is 79.9. The maximum absolute atomic E-state index is 13.9. The standard InChI is InChI=1S/C30H30N2O4.BrH/c1-2-19-16-32(17-25(34)20-8-9-26-27(14-20)36-13-5-12-35-26)11-10-30-23-6-3-4-7-24(23)31-29(30)22(18-33)21(19)15-28(30)32;/h2-4,6-9,14,18,21,28H,5,10-13,15-17H2,1H3;1H/b19-2-;/t21-,28?,30+,32?;/m0./s1. The molecule has 0 amide bonds. The first-order valence-corrected chi connectivity index (χ1v) is 13.1. The Labute approximate surface area is 227 Å². The van der Waals surface area contributed by atoms with E-state index in [1.165, 1.54) is 11.1 Å². The van der Waals surface area contributed by atoms with Gasteiger partial charge in [-0.2, -0.15) is 0 Å². The van der Waals surface area contributed by atoms with E-state index in [1.807, 2.05) is 18.2 Å². The summed E-state index contributed by atoms with van der Waals surface area (Å²) < 4.78 is 12.4. The van der Waals surface area contributed by atoms with E-state index in [0.717, 1.165) is 60.1 Å². The number of nitrogens with one attached hydrogen (secondary N) is 1. The molecule has 5 aliphatic rings. The van der Waals surface area contributed by atoms with E-state index >= 15 is 0 Å². The number of aldehydes is 1. The second-order valence-electron chi connectivity index (χ2n) is 10.9. The number of para-hydroxylation sites is 1. The van der Waals surface area contributed by atoms with Crippen molar-refractivity contribution in [3.8, 4) is 11.5 Å². The quantitative estimate of drug-likeness (QED) is 0.264. The SMILES string of the molecule is C/C=C1/C[N+]2(CC(=O)c3ccc4c(c3)OCCCO4)CC[C@]34C(=C(C=O)[C@H]1CC32)Nc1ccccc14.[Br-]. The van der Waals surface area contributed by atoms with E-state index in [0.29, 0.717) is 36.8 Å². The lowest BCUT2D eigenvalue weighted by Gasteiger charge is -2.53. The Bertz CT molecular complexity index is 1370. The van der Waals surface area contributed by atoms with Crippen LogP contribution >= 0.6 is 0 Å². The summed E-state index contributed by atoms with van der Waals surface area (Å²) in [5, 5.41) is 3.67. The highest BCUT2D eigenvalue weighted by molar-refractivity contribution is 5.97. The van der Waals surface area contributed by atoms with Gasteiger partial charge in [-0.3, -0.25) is 9.59 Å². The van der Waals surface area contributed by atoms with Crippen LogP contribution in [0.25, 0.3) is 0 Å². The van der Waals surface area contributed by atoms with Gasteiger partial charge in [0.25, 0.3) is 0 Å². The molecule has 2 fully saturated rings. The van der Waals surface area contributed by atoms with Gasteiger partial charge in [-0.25, -0.2) is 0 Å². The fraction of sp³-hybridized carbons (Fsp3) is 0.400. The number of fused-ring (bicyclic) bond motifs is 3. The Balaban J connectivity index is 0.00000252. The van der Waals surface area contributed by atoms with Gasteiger partial charge in [0.2, 0.25) is 5.78 Å². The molecule has 192 valence electrons. The molecule has 1 N–H and O–H groups in total. The van der Waals surface area contributed by atoms with Crippen molar-refractivity contribution in [2.75, 3.05) is 38.2 Å². The molecule has 0 aromatic heterocycles. The summed E-state index contributed by atoms with van der Waals surface area (Å²) in [7, 11) is 0. The van der Waals surface area contributed by atoms with Gasteiger partial charge in [0.05, 0.1) is 25.2 Å². The summed E-state index contributed by atoms with van der Waals surface area (Å²) in [5.74, 6) is 1.64. The van der Waals surface area contributed by atoms with Gasteiger partial charge in [-0.05, 0) is 42.3 Å². The van der Waals surface area contributed by atoms with Crippen LogP contribution in [0, 0.1) is 5.92 Å². The molecular formula is C30H31BrN2O4. The molecule has 37 heavy (non-hydrogen) atoms. The van der Waals surface area contributed by atoms with E-state index < -0.39 is 0 Å². The molecule has 1 spiro atoms. The largest absolute Gasteiger partial charge is 1.00 e. The van der Waals surface area contributed by atoms with Crippen LogP contribution in [0.15, 0.2) is 65.4 Å². The van der Waals surface area contributed by atoms with Crippen molar-refractivity contribution in [2.24, 2.45) is 5.92 Å². The Morgan fingerprint density at radius 1 is 1.16 bits per heavy atom. The van der Waals surface area contributed by atoms with Crippen LogP contribution in [-0.2, 0) is 10.2 Å². The summed E-state index contributed by atoms with van der Waals surface area (Å²) in [6.07, 6.45) is 5.94. The van der Waals surface area contributed by atoms with Gasteiger partial charge in [-0.1, -0.05) is 24.3 Å². The van der Waals surface area contributed by atoms with Gasteiger partial charge >= 0.3 is 0 Å². The minimum Gasteiger partial charge on any atom is -1.00 e. The fourth-order valence-electron chi connectivity index (χ4n) is 7.84. The Morgan fingerprint density at radius 3 is 2.78 bits per heavy atom. The molecule has 4 atom stereocenters. The normalized spacial score (nSPS) is 31.5. The number of ketones is 1. The van der Waals surface area contributed by atoms with Gasteiger partial charge < -0.3 is 36.3 Å². The summed E-state index contributed by atoms with van der Waals surface area (Å²) in [4.78, 5) is 26.3. The van der Waals surface area contributed by atoms with Crippen molar-refractivity contribution in [3.63, 3.8) is 0 Å². The highest BCUT2D eigenvalue weighted by Gasteiger charge is 2.68. The molecule has 1 aliphatic carbocycles. The lowest BCUT2D eigenvalue weighted by molar-refractivity contribution is -0.934. The van der Waals surface area contributed by atoms with Crippen LogP contribution in [0.4, 0.5) is 5.69 Å². The van der Waals surface area contributed by atoms with E-state index in [2.05, 4.69) is 42.6 Å². The predicted octanol–water partition coefficient (Wildman–Crippen LogP) is 1.42. The average Bonchev–Trinajstić information content (AvgIpc) is 3.31. The van der Waals surface area contributed by atoms with Crippen LogP contribution in [0.3, 0.4) is 0 Å². The van der Waals surface area contributed by atoms with Crippen LogP contribution in [0.5, 0.6) is 11.5 Å². The Hall–Kier alpha value is -2.90. The number of quaternary nitrogens is 1. The van der Waals surface area contributed by atoms with Crippen molar-refractivity contribution in [3.05, 3.63) is 76.5 Å². The monoisotopic (exact) mass is 562 g/mol. The third-order valence-electron chi connectivity index (χ3n) is 9.39. The summed E-state index contributed by atoms with van der Waals surface area (Å²) in [6.45, 7) is 5.47. The molecule has 7 heteroatoms. The van der Waals surface area contributed by atoms with Crippen LogP contribution in [-0.4, -0.2) is 55.4 Å². The van der Waals surface area contributed by atoms with Crippen LogP contribution in [0.2, 0.25) is 0 Å². The van der Waals surface area contributed by atoms with E-state index in [9.17, 15) is 9.59 Å². The van der Waals surface area contributed by atoms with Gasteiger partial charge in [-0.15, -0.1) is 0 Å². The number of benzene rings is 2. The maximum atomic E-state index is 13.9. The lowest BCUT2D eigenvalue weighted by Crippen LogP contribution is -3.00. The minimum atomic E-state index is -0.229. The van der Waals surface area contributed by atoms with Gasteiger partial charge in [0, 0.05) is 47.7 Å². The molecule has 4 heterocycles. The number of nitrogens with zero attached hydrogens (tertiary/aromatic N) is 1. The Kier molecular flexibility index (Phi) is 5.84. The van der Waals surface area contributed by atoms with Gasteiger partial charge in [0.1, 0.15) is 25.4 Å². The van der Waals surface area contributed by atoms with Crippen molar-refractivity contribution in [1.82, 2.24) is 0 Å². The summed E-state index contributed by atoms with van der Waals surface area (Å²) >= 11 is 0. The average molecular weight is 563 g/mol. The number of hydrogen-bond donors (Lipinski definition) is 1. The number of rotatable bonds is 4. The number of ether oxygens (including phenoxy) is 2. The summed E-state index contributed by atoms with van der Waals surface area (Å²) in [6, 6.07) is 14.4. The van der Waals surface area contributed by atoms with E-state index in [4.69, 9.17) is 9.47 Å². The third-order valence-corrected chi connectivity index (χ3v) is 9.39. The molecule has 2 aromatic rings. The zero-order chi connectivity index (χ0) is 24.5. The fourth-order valence-corrected chi connectivity index (χ4v) is 7.84. The second-order valence-corrected chi connectivity index (χ2v) is 10.9. The number of carbonyl (C=O) groups excluding carboxylic acids is 2. The highest BCUT2D eigenvalue weighted by Crippen LogP contribution is 2.63. The first-order chi connectivity index (χ1) is 17.6. The number of hydrogen-bond acceptors (Lipinski definition) is 5. The molecule has 7 rings (SSSR count). The van der Waals surface area contributed by atoms with Crippen molar-refractivity contribution in [2.45, 2.75) is 37.6 Å². The zero-order valence-corrected chi connectivity index (χ0v) is 22.6. The number of allylic oxidation sites excluding steroid dienone is 2. The number of piperidine rings is 1. The summed E-state index contributed by atoms with van der Waals surface area (Å²) in [5.41, 5.74) is 6.12. The lowest BCUT2D eigenvalue weighted by atomic mass is 9.61. The number of anilines is 1. The van der Waals surface area contributed by atoms with E-state index in [-0.39, 0.29) is 40.1 Å². The van der Waals surface area contributed by atoms with Crippen molar-refractivity contribution < 1.29 is 40.5 Å². The molecule has 2 aromatic carbocycles. The van der Waals surface area contributed by atoms with Crippen molar-refractivity contribution in [1.29, 1.82) is 0 Å². The van der Waals surface area contributed by atoms with Crippen LogP contribution < -0.4 is 31.8 Å². The first-order valence-electron chi connectivity index (χ1n) is 13.1. The second kappa shape index (κ2) is 8.84. The molecular weight excluding hydrogens is 532 g/mol. The third kappa shape index (κ3) is 3.33. The molecule has 0 saturated carbocycles. The maximum Gasteiger partial charge on any atom is 0.217 e. The zero-order valence-electron chi connectivity index (χ0n) is 21.0. The van der Waals surface area contributed by atoms with Gasteiger partial charge in [0.15, 0.2) is 11.5 Å². The van der Waals surface area contributed by atoms with Crippen molar-refractivity contribution >= 4 is 17.8 Å².